The van der Waals surface area contributed by atoms with Crippen LogP contribution in [0, 0.1) is 19.8 Å². The molecule has 1 saturated carbocycles. The van der Waals surface area contributed by atoms with Crippen LogP contribution >= 0.6 is 11.3 Å². The van der Waals surface area contributed by atoms with Gasteiger partial charge in [-0.25, -0.2) is 4.98 Å². The van der Waals surface area contributed by atoms with E-state index >= 15 is 0 Å². The number of rotatable bonds is 6. The highest BCUT2D eigenvalue weighted by atomic mass is 32.1. The molecule has 2 aromatic rings. The highest BCUT2D eigenvalue weighted by molar-refractivity contribution is 7.16. The van der Waals surface area contributed by atoms with Crippen LogP contribution in [0.2, 0.25) is 0 Å². The number of nitrogens with one attached hydrogen (secondary N) is 2. The van der Waals surface area contributed by atoms with Crippen LogP contribution in [0.4, 0.5) is 5.00 Å². The van der Waals surface area contributed by atoms with Gasteiger partial charge in [-0.1, -0.05) is 0 Å². The van der Waals surface area contributed by atoms with Crippen LogP contribution in [0.1, 0.15) is 39.2 Å². The van der Waals surface area contributed by atoms with E-state index in [4.69, 9.17) is 4.74 Å². The molecule has 0 unspecified atom stereocenters. The van der Waals surface area contributed by atoms with Crippen LogP contribution < -0.4 is 15.4 Å². The van der Waals surface area contributed by atoms with Crippen molar-refractivity contribution in [2.75, 3.05) is 12.4 Å². The number of nitrogens with zero attached hydrogens (tertiary/aromatic N) is 1. The Hall–Kier alpha value is -2.41. The van der Waals surface area contributed by atoms with Crippen LogP contribution in [0.5, 0.6) is 5.88 Å². The van der Waals surface area contributed by atoms with Crippen molar-refractivity contribution < 1.29 is 14.3 Å². The second kappa shape index (κ2) is 7.23. The number of thiophene rings is 1. The maximum atomic E-state index is 12.7. The lowest BCUT2D eigenvalue weighted by Crippen LogP contribution is -2.25. The lowest BCUT2D eigenvalue weighted by Gasteiger charge is -2.09. The molecule has 6 nitrogen and oxygen atoms in total. The average molecular weight is 359 g/mol. The van der Waals surface area contributed by atoms with E-state index in [2.05, 4.69) is 15.6 Å². The second-order valence-corrected chi connectivity index (χ2v) is 7.36. The Morgan fingerprint density at radius 1 is 1.36 bits per heavy atom. The molecule has 0 radical (unpaired) electrons. The Labute approximate surface area is 150 Å². The average Bonchev–Trinajstić information content (AvgIpc) is 3.41. The van der Waals surface area contributed by atoms with E-state index in [9.17, 15) is 9.59 Å². The maximum absolute atomic E-state index is 12.7. The number of anilines is 1. The molecule has 3 rings (SSSR count). The number of aryl methyl sites for hydroxylation is 1. The molecular formula is C18H21N3O3S. The van der Waals surface area contributed by atoms with E-state index < -0.39 is 0 Å². The van der Waals surface area contributed by atoms with Gasteiger partial charge < -0.3 is 15.4 Å². The van der Waals surface area contributed by atoms with Crippen molar-refractivity contribution in [1.29, 1.82) is 0 Å². The van der Waals surface area contributed by atoms with Gasteiger partial charge in [-0.3, -0.25) is 9.59 Å². The number of carbonyl (C=O) groups is 2. The zero-order valence-corrected chi connectivity index (χ0v) is 15.3. The summed E-state index contributed by atoms with van der Waals surface area (Å²) in [5, 5.41) is 6.47. The molecule has 2 amide bonds. The van der Waals surface area contributed by atoms with Crippen LogP contribution in [0.15, 0.2) is 18.3 Å². The first kappa shape index (κ1) is 17.4. The topological polar surface area (TPSA) is 80.3 Å². The van der Waals surface area contributed by atoms with Crippen molar-refractivity contribution >= 4 is 28.2 Å². The molecular weight excluding hydrogens is 338 g/mol. The Morgan fingerprint density at radius 3 is 2.80 bits per heavy atom. The minimum atomic E-state index is -0.191. The fourth-order valence-corrected chi connectivity index (χ4v) is 3.55. The predicted octanol–water partition coefficient (Wildman–Crippen LogP) is 3.05. The fourth-order valence-electron chi connectivity index (χ4n) is 2.49. The number of ether oxygens (including phenoxy) is 1. The van der Waals surface area contributed by atoms with Gasteiger partial charge in [0.1, 0.15) is 5.00 Å². The molecule has 1 aliphatic carbocycles. The SMILES string of the molecule is COc1cc(CNC(=O)c2c(NC(=O)C3CC3)sc(C)c2C)ccn1. The van der Waals surface area contributed by atoms with E-state index in [-0.39, 0.29) is 17.7 Å². The molecule has 1 aliphatic rings. The normalized spacial score (nSPS) is 13.4. The van der Waals surface area contributed by atoms with Gasteiger partial charge >= 0.3 is 0 Å². The second-order valence-electron chi connectivity index (χ2n) is 6.14. The van der Waals surface area contributed by atoms with Crippen molar-refractivity contribution in [1.82, 2.24) is 10.3 Å². The first-order chi connectivity index (χ1) is 12.0. The summed E-state index contributed by atoms with van der Waals surface area (Å²) in [6.45, 7) is 4.22. The molecule has 1 fully saturated rings. The molecule has 132 valence electrons. The van der Waals surface area contributed by atoms with Crippen LogP contribution in [0.25, 0.3) is 0 Å². The Kier molecular flexibility index (Phi) is 5.03. The van der Waals surface area contributed by atoms with Crippen molar-refractivity contribution in [2.24, 2.45) is 5.92 Å². The minimum absolute atomic E-state index is 0.00849. The molecule has 7 heteroatoms. The standard InChI is InChI=1S/C18H21N3O3S/c1-10-11(2)25-18(21-16(22)13-4-5-13)15(10)17(23)20-9-12-6-7-19-14(8-12)24-3/h6-8,13H,4-5,9H2,1-3H3,(H,20,23)(H,21,22). The third-order valence-electron chi connectivity index (χ3n) is 4.26. The molecule has 0 aromatic carbocycles. The zero-order valence-electron chi connectivity index (χ0n) is 14.5. The lowest BCUT2D eigenvalue weighted by atomic mass is 10.1. The third-order valence-corrected chi connectivity index (χ3v) is 5.38. The van der Waals surface area contributed by atoms with E-state index in [1.165, 1.54) is 11.3 Å². The van der Waals surface area contributed by atoms with Crippen molar-refractivity contribution in [3.8, 4) is 5.88 Å². The van der Waals surface area contributed by atoms with Gasteiger partial charge in [0, 0.05) is 29.6 Å². The summed E-state index contributed by atoms with van der Waals surface area (Å²) in [5.74, 6) is 0.424. The number of amides is 2. The molecule has 0 saturated heterocycles. The number of pyridine rings is 1. The molecule has 0 aliphatic heterocycles. The number of aromatic nitrogens is 1. The Morgan fingerprint density at radius 2 is 2.12 bits per heavy atom. The van der Waals surface area contributed by atoms with Crippen molar-refractivity contribution in [3.05, 3.63) is 39.9 Å². The summed E-state index contributed by atoms with van der Waals surface area (Å²) in [7, 11) is 1.55. The van der Waals surface area contributed by atoms with Gasteiger partial charge in [-0.15, -0.1) is 11.3 Å². The fraction of sp³-hybridized carbons (Fsp3) is 0.389. The number of hydrogen-bond acceptors (Lipinski definition) is 5. The molecule has 2 aromatic heterocycles. The predicted molar refractivity (Wildman–Crippen MR) is 97.1 cm³/mol. The molecule has 2 N–H and O–H groups in total. The first-order valence-electron chi connectivity index (χ1n) is 8.17. The Balaban J connectivity index is 1.73. The van der Waals surface area contributed by atoms with Crippen LogP contribution in [-0.4, -0.2) is 23.9 Å². The van der Waals surface area contributed by atoms with Gasteiger partial charge in [-0.2, -0.15) is 0 Å². The maximum Gasteiger partial charge on any atom is 0.254 e. The van der Waals surface area contributed by atoms with E-state index in [0.717, 1.165) is 28.8 Å². The number of hydrogen-bond donors (Lipinski definition) is 2. The molecule has 0 atom stereocenters. The smallest absolute Gasteiger partial charge is 0.254 e. The highest BCUT2D eigenvalue weighted by Crippen LogP contribution is 2.35. The Bertz CT molecular complexity index is 812. The van der Waals surface area contributed by atoms with Gasteiger partial charge in [0.2, 0.25) is 11.8 Å². The molecule has 0 spiro atoms. The summed E-state index contributed by atoms with van der Waals surface area (Å²) >= 11 is 1.45. The summed E-state index contributed by atoms with van der Waals surface area (Å²) in [5.41, 5.74) is 2.35. The summed E-state index contributed by atoms with van der Waals surface area (Å²) in [6, 6.07) is 3.60. The number of methoxy groups -OCH3 is 1. The van der Waals surface area contributed by atoms with Crippen LogP contribution in [-0.2, 0) is 11.3 Å². The van der Waals surface area contributed by atoms with Gasteiger partial charge in [0.05, 0.1) is 12.7 Å². The lowest BCUT2D eigenvalue weighted by molar-refractivity contribution is -0.117. The molecule has 0 bridgehead atoms. The summed E-state index contributed by atoms with van der Waals surface area (Å²) in [4.78, 5) is 29.8. The summed E-state index contributed by atoms with van der Waals surface area (Å²) in [6.07, 6.45) is 3.50. The number of carbonyl (C=O) groups excluding carboxylic acids is 2. The zero-order chi connectivity index (χ0) is 18.0. The third kappa shape index (κ3) is 3.99. The van der Waals surface area contributed by atoms with Gasteiger partial charge in [0.25, 0.3) is 5.91 Å². The quantitative estimate of drug-likeness (QED) is 0.831. The minimum Gasteiger partial charge on any atom is -0.481 e. The molecule has 25 heavy (non-hydrogen) atoms. The van der Waals surface area contributed by atoms with Gasteiger partial charge in [0.15, 0.2) is 0 Å². The van der Waals surface area contributed by atoms with Crippen molar-refractivity contribution in [2.45, 2.75) is 33.2 Å². The molecule has 2 heterocycles. The highest BCUT2D eigenvalue weighted by Gasteiger charge is 2.31. The first-order valence-corrected chi connectivity index (χ1v) is 8.99. The van der Waals surface area contributed by atoms with Gasteiger partial charge in [-0.05, 0) is 43.9 Å². The van der Waals surface area contributed by atoms with E-state index in [1.54, 1.807) is 19.4 Å². The van der Waals surface area contributed by atoms with Crippen LogP contribution in [0.3, 0.4) is 0 Å². The largest absolute Gasteiger partial charge is 0.481 e. The monoisotopic (exact) mass is 359 g/mol. The summed E-state index contributed by atoms with van der Waals surface area (Å²) < 4.78 is 5.09. The van der Waals surface area contributed by atoms with E-state index in [0.29, 0.717) is 23.0 Å². The van der Waals surface area contributed by atoms with Crippen molar-refractivity contribution in [3.63, 3.8) is 0 Å². The van der Waals surface area contributed by atoms with E-state index in [1.807, 2.05) is 19.9 Å².